The fourth-order valence-corrected chi connectivity index (χ4v) is 2.08. The molecule has 0 saturated heterocycles. The first kappa shape index (κ1) is 12.6. The van der Waals surface area contributed by atoms with E-state index in [0.29, 0.717) is 0 Å². The standard InChI is InChI=1S/C15H19N3/c1-3-8-14(16-4-2)15-11-12-17-18(15)13-9-6-5-7-10-13/h3,5-7,9-12,14,16H,1,4,8H2,2H3. The number of nitrogens with one attached hydrogen (secondary N) is 1. The van der Waals surface area contributed by atoms with Crippen molar-refractivity contribution in [1.82, 2.24) is 15.1 Å². The van der Waals surface area contributed by atoms with Gasteiger partial charge in [0, 0.05) is 6.20 Å². The minimum absolute atomic E-state index is 0.259. The average molecular weight is 241 g/mol. The van der Waals surface area contributed by atoms with Crippen molar-refractivity contribution < 1.29 is 0 Å². The molecule has 0 radical (unpaired) electrons. The highest BCUT2D eigenvalue weighted by Gasteiger charge is 2.14. The van der Waals surface area contributed by atoms with E-state index in [9.17, 15) is 0 Å². The Morgan fingerprint density at radius 3 is 2.78 bits per heavy atom. The van der Waals surface area contributed by atoms with E-state index >= 15 is 0 Å². The Balaban J connectivity index is 2.34. The normalized spacial score (nSPS) is 12.3. The molecular weight excluding hydrogens is 222 g/mol. The fraction of sp³-hybridized carbons (Fsp3) is 0.267. The van der Waals surface area contributed by atoms with Gasteiger partial charge < -0.3 is 5.32 Å². The number of hydrogen-bond donors (Lipinski definition) is 1. The van der Waals surface area contributed by atoms with Gasteiger partial charge in [0.25, 0.3) is 0 Å². The van der Waals surface area contributed by atoms with Crippen LogP contribution in [0.4, 0.5) is 0 Å². The van der Waals surface area contributed by atoms with Crippen molar-refractivity contribution in [1.29, 1.82) is 0 Å². The van der Waals surface area contributed by atoms with E-state index in [4.69, 9.17) is 0 Å². The molecule has 0 aliphatic heterocycles. The van der Waals surface area contributed by atoms with Gasteiger partial charge in [0.1, 0.15) is 0 Å². The molecular formula is C15H19N3. The zero-order valence-electron chi connectivity index (χ0n) is 10.7. The molecule has 0 aliphatic carbocycles. The fourth-order valence-electron chi connectivity index (χ4n) is 2.08. The van der Waals surface area contributed by atoms with Crippen molar-refractivity contribution >= 4 is 0 Å². The second-order valence-corrected chi connectivity index (χ2v) is 4.14. The molecule has 94 valence electrons. The van der Waals surface area contributed by atoms with Crippen LogP contribution in [-0.4, -0.2) is 16.3 Å². The molecule has 3 heteroatoms. The first-order chi connectivity index (χ1) is 8.86. The number of aromatic nitrogens is 2. The molecule has 18 heavy (non-hydrogen) atoms. The summed E-state index contributed by atoms with van der Waals surface area (Å²) in [6.45, 7) is 6.86. The molecule has 3 nitrogen and oxygen atoms in total. The molecule has 1 unspecified atom stereocenters. The quantitative estimate of drug-likeness (QED) is 0.788. The van der Waals surface area contributed by atoms with Gasteiger partial charge in [0.15, 0.2) is 0 Å². The summed E-state index contributed by atoms with van der Waals surface area (Å²) in [5, 5.41) is 7.88. The maximum Gasteiger partial charge on any atom is 0.0649 e. The molecule has 1 aromatic heterocycles. The van der Waals surface area contributed by atoms with Crippen LogP contribution in [-0.2, 0) is 0 Å². The summed E-state index contributed by atoms with van der Waals surface area (Å²) in [5.41, 5.74) is 2.26. The highest BCUT2D eigenvalue weighted by atomic mass is 15.3. The van der Waals surface area contributed by atoms with Crippen molar-refractivity contribution in [2.75, 3.05) is 6.54 Å². The van der Waals surface area contributed by atoms with Gasteiger partial charge in [-0.25, -0.2) is 4.68 Å². The van der Waals surface area contributed by atoms with E-state index in [1.165, 1.54) is 5.69 Å². The summed E-state index contributed by atoms with van der Waals surface area (Å²) in [5.74, 6) is 0. The van der Waals surface area contributed by atoms with Crippen molar-refractivity contribution in [3.8, 4) is 5.69 Å². The van der Waals surface area contributed by atoms with E-state index in [0.717, 1.165) is 18.7 Å². The van der Waals surface area contributed by atoms with E-state index in [2.05, 4.69) is 42.1 Å². The van der Waals surface area contributed by atoms with Crippen LogP contribution in [0.15, 0.2) is 55.3 Å². The number of hydrogen-bond acceptors (Lipinski definition) is 2. The number of rotatable bonds is 6. The van der Waals surface area contributed by atoms with Crippen LogP contribution in [0.2, 0.25) is 0 Å². The largest absolute Gasteiger partial charge is 0.309 e. The topological polar surface area (TPSA) is 29.9 Å². The highest BCUT2D eigenvalue weighted by molar-refractivity contribution is 5.33. The lowest BCUT2D eigenvalue weighted by atomic mass is 10.1. The number of nitrogens with zero attached hydrogens (tertiary/aromatic N) is 2. The van der Waals surface area contributed by atoms with Gasteiger partial charge in [0.05, 0.1) is 17.4 Å². The zero-order chi connectivity index (χ0) is 12.8. The van der Waals surface area contributed by atoms with Gasteiger partial charge in [-0.2, -0.15) is 5.10 Å². The van der Waals surface area contributed by atoms with Gasteiger partial charge in [-0.1, -0.05) is 31.2 Å². The maximum absolute atomic E-state index is 4.41. The lowest BCUT2D eigenvalue weighted by Crippen LogP contribution is -2.23. The van der Waals surface area contributed by atoms with Crippen molar-refractivity contribution in [2.45, 2.75) is 19.4 Å². The third kappa shape index (κ3) is 2.68. The second-order valence-electron chi connectivity index (χ2n) is 4.14. The molecule has 0 aliphatic rings. The Morgan fingerprint density at radius 2 is 2.11 bits per heavy atom. The molecule has 0 amide bonds. The summed E-state index contributed by atoms with van der Waals surface area (Å²) < 4.78 is 1.98. The Labute approximate surface area is 108 Å². The van der Waals surface area contributed by atoms with E-state index < -0.39 is 0 Å². The molecule has 1 N–H and O–H groups in total. The molecule has 1 heterocycles. The van der Waals surface area contributed by atoms with Crippen LogP contribution in [0.3, 0.4) is 0 Å². The monoisotopic (exact) mass is 241 g/mol. The predicted molar refractivity (Wildman–Crippen MR) is 74.8 cm³/mol. The zero-order valence-corrected chi connectivity index (χ0v) is 10.7. The molecule has 1 atom stereocenters. The van der Waals surface area contributed by atoms with Crippen LogP contribution in [0, 0.1) is 0 Å². The summed E-state index contributed by atoms with van der Waals surface area (Å²) in [6, 6.07) is 12.5. The molecule has 2 aromatic rings. The van der Waals surface area contributed by atoms with Crippen molar-refractivity contribution in [2.24, 2.45) is 0 Å². The average Bonchev–Trinajstić information content (AvgIpc) is 2.88. The Kier molecular flexibility index (Phi) is 4.31. The first-order valence-corrected chi connectivity index (χ1v) is 6.30. The third-order valence-corrected chi connectivity index (χ3v) is 2.88. The SMILES string of the molecule is C=CCC(NCC)c1ccnn1-c1ccccc1. The second kappa shape index (κ2) is 6.17. The Hall–Kier alpha value is -1.87. The predicted octanol–water partition coefficient (Wildman–Crippen LogP) is 3.10. The van der Waals surface area contributed by atoms with Crippen LogP contribution in [0.5, 0.6) is 0 Å². The number of benzene rings is 1. The molecule has 0 bridgehead atoms. The van der Waals surface area contributed by atoms with E-state index in [-0.39, 0.29) is 6.04 Å². The lowest BCUT2D eigenvalue weighted by molar-refractivity contribution is 0.529. The molecule has 0 saturated carbocycles. The van der Waals surface area contributed by atoms with Gasteiger partial charge in [-0.3, -0.25) is 0 Å². The van der Waals surface area contributed by atoms with Gasteiger partial charge in [-0.15, -0.1) is 6.58 Å². The summed E-state index contributed by atoms with van der Waals surface area (Å²) >= 11 is 0. The lowest BCUT2D eigenvalue weighted by Gasteiger charge is -2.18. The van der Waals surface area contributed by atoms with Crippen LogP contribution >= 0.6 is 0 Å². The Morgan fingerprint density at radius 1 is 1.33 bits per heavy atom. The molecule has 2 rings (SSSR count). The first-order valence-electron chi connectivity index (χ1n) is 6.30. The summed E-state index contributed by atoms with van der Waals surface area (Å²) in [4.78, 5) is 0. The van der Waals surface area contributed by atoms with Crippen molar-refractivity contribution in [3.63, 3.8) is 0 Å². The van der Waals surface area contributed by atoms with E-state index in [1.807, 2.05) is 35.2 Å². The van der Waals surface area contributed by atoms with Gasteiger partial charge in [0.2, 0.25) is 0 Å². The minimum atomic E-state index is 0.259. The minimum Gasteiger partial charge on any atom is -0.309 e. The molecule has 0 fully saturated rings. The molecule has 1 aromatic carbocycles. The third-order valence-electron chi connectivity index (χ3n) is 2.88. The maximum atomic E-state index is 4.41. The Bertz CT molecular complexity index is 487. The highest BCUT2D eigenvalue weighted by Crippen LogP contribution is 2.20. The number of para-hydroxylation sites is 1. The van der Waals surface area contributed by atoms with Crippen LogP contribution in [0.25, 0.3) is 5.69 Å². The summed E-state index contributed by atoms with van der Waals surface area (Å²) in [7, 11) is 0. The van der Waals surface area contributed by atoms with Gasteiger partial charge >= 0.3 is 0 Å². The summed E-state index contributed by atoms with van der Waals surface area (Å²) in [6.07, 6.45) is 4.68. The van der Waals surface area contributed by atoms with Gasteiger partial charge in [-0.05, 0) is 31.2 Å². The van der Waals surface area contributed by atoms with Crippen LogP contribution in [0.1, 0.15) is 25.1 Å². The van der Waals surface area contributed by atoms with Crippen LogP contribution < -0.4 is 5.32 Å². The smallest absolute Gasteiger partial charge is 0.0649 e. The van der Waals surface area contributed by atoms with E-state index in [1.54, 1.807) is 0 Å². The molecule has 0 spiro atoms. The van der Waals surface area contributed by atoms with Crippen molar-refractivity contribution in [3.05, 3.63) is 60.9 Å².